The second-order valence-electron chi connectivity index (χ2n) is 5.44. The predicted molar refractivity (Wildman–Crippen MR) is 73.7 cm³/mol. The van der Waals surface area contributed by atoms with Gasteiger partial charge in [-0.2, -0.15) is 0 Å². The molecule has 1 aliphatic heterocycles. The summed E-state index contributed by atoms with van der Waals surface area (Å²) < 4.78 is 0. The van der Waals surface area contributed by atoms with Crippen molar-refractivity contribution in [3.05, 3.63) is 21.9 Å². The minimum absolute atomic E-state index is 0.0704. The van der Waals surface area contributed by atoms with Gasteiger partial charge in [0.25, 0.3) is 0 Å². The summed E-state index contributed by atoms with van der Waals surface area (Å²) in [6.45, 7) is 5.15. The van der Waals surface area contributed by atoms with Crippen LogP contribution in [0.15, 0.2) is 12.1 Å². The van der Waals surface area contributed by atoms with Crippen LogP contribution in [0.1, 0.15) is 42.0 Å². The summed E-state index contributed by atoms with van der Waals surface area (Å²) in [5.74, 6) is 0.292. The monoisotopic (exact) mass is 264 g/mol. The van der Waals surface area contributed by atoms with Crippen molar-refractivity contribution < 1.29 is 4.79 Å². The lowest BCUT2D eigenvalue weighted by atomic mass is 10.2. The molecule has 1 aliphatic carbocycles. The summed E-state index contributed by atoms with van der Waals surface area (Å²) in [5.41, 5.74) is 0. The molecule has 2 heterocycles. The van der Waals surface area contributed by atoms with Gasteiger partial charge in [-0.05, 0) is 45.2 Å². The van der Waals surface area contributed by atoms with E-state index in [9.17, 15) is 4.79 Å². The summed E-state index contributed by atoms with van der Waals surface area (Å²) >= 11 is 1.80. The van der Waals surface area contributed by atoms with Crippen molar-refractivity contribution in [2.45, 2.75) is 51.2 Å². The van der Waals surface area contributed by atoms with Gasteiger partial charge in [0.1, 0.15) is 0 Å². The molecule has 3 nitrogen and oxygen atoms in total. The summed E-state index contributed by atoms with van der Waals surface area (Å²) in [6, 6.07) is 5.19. The fraction of sp³-hybridized carbons (Fsp3) is 0.643. The van der Waals surface area contributed by atoms with E-state index in [1.54, 1.807) is 11.3 Å². The number of thiophene rings is 1. The average molecular weight is 264 g/mol. The van der Waals surface area contributed by atoms with Crippen LogP contribution in [-0.4, -0.2) is 29.4 Å². The van der Waals surface area contributed by atoms with Crippen LogP contribution in [-0.2, 0) is 4.79 Å². The molecule has 1 amide bonds. The van der Waals surface area contributed by atoms with E-state index in [0.717, 1.165) is 13.0 Å². The van der Waals surface area contributed by atoms with E-state index in [2.05, 4.69) is 31.3 Å². The van der Waals surface area contributed by atoms with Crippen LogP contribution in [0.3, 0.4) is 0 Å². The predicted octanol–water partition coefficient (Wildman–Crippen LogP) is 2.47. The molecule has 0 radical (unpaired) electrons. The smallest absolute Gasteiger partial charge is 0.240 e. The molecule has 0 bridgehead atoms. The molecule has 3 rings (SSSR count). The molecule has 1 aromatic rings. The fourth-order valence-electron chi connectivity index (χ4n) is 2.61. The number of amides is 1. The molecule has 2 atom stereocenters. The topological polar surface area (TPSA) is 32.3 Å². The number of likely N-dealkylation sites (tertiary alicyclic amines) is 1. The fourth-order valence-corrected chi connectivity index (χ4v) is 3.55. The third-order valence-corrected chi connectivity index (χ3v) is 5.07. The summed E-state index contributed by atoms with van der Waals surface area (Å²) in [6.07, 6.45) is 3.44. The average Bonchev–Trinajstić information content (AvgIpc) is 2.95. The third-order valence-electron chi connectivity index (χ3n) is 3.89. The van der Waals surface area contributed by atoms with Gasteiger partial charge in [-0.3, -0.25) is 4.79 Å². The van der Waals surface area contributed by atoms with Crippen LogP contribution in [0.2, 0.25) is 0 Å². The van der Waals surface area contributed by atoms with Gasteiger partial charge in [0.05, 0.1) is 12.1 Å². The van der Waals surface area contributed by atoms with Crippen LogP contribution in [0.5, 0.6) is 0 Å². The van der Waals surface area contributed by atoms with Crippen molar-refractivity contribution in [1.29, 1.82) is 0 Å². The van der Waals surface area contributed by atoms with Crippen LogP contribution in [0.25, 0.3) is 0 Å². The summed E-state index contributed by atoms with van der Waals surface area (Å²) in [7, 11) is 0. The van der Waals surface area contributed by atoms with Gasteiger partial charge < -0.3 is 10.2 Å². The summed E-state index contributed by atoms with van der Waals surface area (Å²) in [5, 5.41) is 3.46. The number of aryl methyl sites for hydroxylation is 1. The van der Waals surface area contributed by atoms with E-state index in [-0.39, 0.29) is 12.1 Å². The largest absolute Gasteiger partial charge is 0.334 e. The lowest BCUT2D eigenvalue weighted by molar-refractivity contribution is -0.131. The quantitative estimate of drug-likeness (QED) is 0.906. The zero-order valence-electron chi connectivity index (χ0n) is 11.0. The Hall–Kier alpha value is -0.870. The van der Waals surface area contributed by atoms with Crippen molar-refractivity contribution in [3.63, 3.8) is 0 Å². The van der Waals surface area contributed by atoms with Gasteiger partial charge in [0.2, 0.25) is 5.91 Å². The lowest BCUT2D eigenvalue weighted by Gasteiger charge is -2.24. The highest BCUT2D eigenvalue weighted by Gasteiger charge is 2.37. The van der Waals surface area contributed by atoms with E-state index >= 15 is 0 Å². The minimum atomic E-state index is 0.0704. The second kappa shape index (κ2) is 4.67. The second-order valence-corrected chi connectivity index (χ2v) is 6.76. The maximum Gasteiger partial charge on any atom is 0.240 e. The molecule has 1 saturated carbocycles. The number of hydrogen-bond acceptors (Lipinski definition) is 3. The first-order valence-electron chi connectivity index (χ1n) is 6.78. The molecule has 4 heteroatoms. The van der Waals surface area contributed by atoms with Gasteiger partial charge in [-0.1, -0.05) is 0 Å². The zero-order valence-corrected chi connectivity index (χ0v) is 11.8. The number of carbonyl (C=O) groups is 1. The van der Waals surface area contributed by atoms with Crippen molar-refractivity contribution in [1.82, 2.24) is 10.2 Å². The molecule has 1 saturated heterocycles. The van der Waals surface area contributed by atoms with Gasteiger partial charge >= 0.3 is 0 Å². The third kappa shape index (κ3) is 2.31. The highest BCUT2D eigenvalue weighted by atomic mass is 32.1. The van der Waals surface area contributed by atoms with Gasteiger partial charge in [0, 0.05) is 22.3 Å². The number of hydrogen-bond donors (Lipinski definition) is 1. The van der Waals surface area contributed by atoms with Crippen LogP contribution in [0.4, 0.5) is 0 Å². The first kappa shape index (κ1) is 12.2. The Labute approximate surface area is 112 Å². The van der Waals surface area contributed by atoms with Crippen LogP contribution < -0.4 is 5.32 Å². The molecule has 2 unspecified atom stereocenters. The molecule has 98 valence electrons. The van der Waals surface area contributed by atoms with Gasteiger partial charge in [0.15, 0.2) is 0 Å². The zero-order chi connectivity index (χ0) is 12.7. The van der Waals surface area contributed by atoms with E-state index in [1.165, 1.54) is 22.6 Å². The molecule has 1 aromatic heterocycles. The molecular weight excluding hydrogens is 244 g/mol. The molecule has 2 fully saturated rings. The highest BCUT2D eigenvalue weighted by Crippen LogP contribution is 2.31. The Morgan fingerprint density at radius 2 is 2.17 bits per heavy atom. The minimum Gasteiger partial charge on any atom is -0.334 e. The van der Waals surface area contributed by atoms with Gasteiger partial charge in [-0.15, -0.1) is 11.3 Å². The van der Waals surface area contributed by atoms with Crippen LogP contribution >= 0.6 is 11.3 Å². The maximum absolute atomic E-state index is 12.4. The number of nitrogens with zero attached hydrogens (tertiary/aromatic N) is 1. The van der Waals surface area contributed by atoms with Crippen LogP contribution in [0, 0.1) is 6.92 Å². The van der Waals surface area contributed by atoms with E-state index < -0.39 is 0 Å². The molecular formula is C14H20N2OS. The Balaban J connectivity index is 1.67. The molecule has 0 spiro atoms. The highest BCUT2D eigenvalue weighted by molar-refractivity contribution is 7.12. The first-order valence-corrected chi connectivity index (χ1v) is 7.59. The first-order chi connectivity index (χ1) is 8.65. The maximum atomic E-state index is 12.4. The summed E-state index contributed by atoms with van der Waals surface area (Å²) in [4.78, 5) is 17.0. The van der Waals surface area contributed by atoms with E-state index in [4.69, 9.17) is 0 Å². The van der Waals surface area contributed by atoms with Gasteiger partial charge in [-0.25, -0.2) is 0 Å². The van der Waals surface area contributed by atoms with E-state index in [1.807, 2.05) is 4.90 Å². The molecule has 18 heavy (non-hydrogen) atoms. The lowest BCUT2D eigenvalue weighted by Crippen LogP contribution is -2.40. The van der Waals surface area contributed by atoms with Crippen molar-refractivity contribution in [2.75, 3.05) is 6.54 Å². The standard InChI is InChI=1S/C14H20N2OS/c1-9-3-6-13(18-9)10(2)16-8-7-12(14(16)17)15-11-4-5-11/h3,6,10-12,15H,4-5,7-8H2,1-2H3. The normalized spacial score (nSPS) is 25.8. The molecule has 2 aliphatic rings. The SMILES string of the molecule is Cc1ccc(C(C)N2CCC(NC3CC3)C2=O)s1. The Morgan fingerprint density at radius 3 is 2.78 bits per heavy atom. The number of rotatable bonds is 4. The Morgan fingerprint density at radius 1 is 1.39 bits per heavy atom. The Kier molecular flexibility index (Phi) is 3.16. The van der Waals surface area contributed by atoms with E-state index in [0.29, 0.717) is 11.9 Å². The molecule has 1 N–H and O–H groups in total. The van der Waals surface area contributed by atoms with Crippen molar-refractivity contribution >= 4 is 17.2 Å². The molecule has 0 aromatic carbocycles. The number of nitrogens with one attached hydrogen (secondary N) is 1. The van der Waals surface area contributed by atoms with Crippen molar-refractivity contribution in [3.8, 4) is 0 Å². The number of carbonyl (C=O) groups excluding carboxylic acids is 1. The van der Waals surface area contributed by atoms with Crippen molar-refractivity contribution in [2.24, 2.45) is 0 Å². The Bertz CT molecular complexity index is 452.